The molecule has 1 aromatic carbocycles. The molecule has 0 bridgehead atoms. The quantitative estimate of drug-likeness (QED) is 0.759. The van der Waals surface area contributed by atoms with Gasteiger partial charge in [-0.25, -0.2) is 0 Å². The Balaban J connectivity index is 2.19. The van der Waals surface area contributed by atoms with Crippen molar-refractivity contribution in [3.8, 4) is 5.75 Å². The summed E-state index contributed by atoms with van der Waals surface area (Å²) in [5.41, 5.74) is 6.67. The molecule has 0 radical (unpaired) electrons. The molecule has 0 aliphatic carbocycles. The van der Waals surface area contributed by atoms with Crippen LogP contribution < -0.4 is 10.5 Å². The highest BCUT2D eigenvalue weighted by molar-refractivity contribution is 6.00. The van der Waals surface area contributed by atoms with E-state index >= 15 is 0 Å². The van der Waals surface area contributed by atoms with Gasteiger partial charge < -0.3 is 25.2 Å². The number of amides is 1. The smallest absolute Gasteiger partial charge is 0.256 e. The van der Waals surface area contributed by atoms with E-state index in [2.05, 4.69) is 0 Å². The SMILES string of the molecule is COc1cccc(C(=O)N2CCOC(CO)C2)c1N. The maximum absolute atomic E-state index is 12.4. The zero-order valence-electron chi connectivity index (χ0n) is 10.8. The summed E-state index contributed by atoms with van der Waals surface area (Å²) in [4.78, 5) is 14.0. The molecule has 1 fully saturated rings. The second kappa shape index (κ2) is 5.90. The molecule has 1 aliphatic heterocycles. The second-order valence-corrected chi connectivity index (χ2v) is 4.35. The van der Waals surface area contributed by atoms with Gasteiger partial charge >= 0.3 is 0 Å². The number of anilines is 1. The number of nitrogens with zero attached hydrogens (tertiary/aromatic N) is 1. The van der Waals surface area contributed by atoms with Crippen molar-refractivity contribution in [2.75, 3.05) is 39.1 Å². The Morgan fingerprint density at radius 3 is 3.11 bits per heavy atom. The number of rotatable bonds is 3. The summed E-state index contributed by atoms with van der Waals surface area (Å²) in [5, 5.41) is 9.09. The van der Waals surface area contributed by atoms with Gasteiger partial charge in [0, 0.05) is 13.1 Å². The van der Waals surface area contributed by atoms with Gasteiger partial charge in [-0.05, 0) is 12.1 Å². The van der Waals surface area contributed by atoms with Gasteiger partial charge in [0.2, 0.25) is 0 Å². The number of hydrogen-bond donors (Lipinski definition) is 2. The van der Waals surface area contributed by atoms with Gasteiger partial charge in [0.25, 0.3) is 5.91 Å². The van der Waals surface area contributed by atoms with Crippen LogP contribution in [0.1, 0.15) is 10.4 Å². The maximum Gasteiger partial charge on any atom is 0.256 e. The van der Waals surface area contributed by atoms with Gasteiger partial charge in [-0.1, -0.05) is 6.07 Å². The zero-order valence-corrected chi connectivity index (χ0v) is 10.8. The molecule has 104 valence electrons. The molecule has 6 heteroatoms. The van der Waals surface area contributed by atoms with Gasteiger partial charge in [-0.2, -0.15) is 0 Å². The van der Waals surface area contributed by atoms with E-state index in [1.54, 1.807) is 23.1 Å². The number of nitrogens with two attached hydrogens (primary N) is 1. The van der Waals surface area contributed by atoms with Crippen LogP contribution in [0.15, 0.2) is 18.2 Å². The Hall–Kier alpha value is -1.79. The summed E-state index contributed by atoms with van der Waals surface area (Å²) in [5.74, 6) is 0.316. The average Bonchev–Trinajstić information content (AvgIpc) is 2.47. The minimum Gasteiger partial charge on any atom is -0.495 e. The largest absolute Gasteiger partial charge is 0.495 e. The molecule has 1 aliphatic rings. The lowest BCUT2D eigenvalue weighted by Crippen LogP contribution is -2.47. The molecule has 6 nitrogen and oxygen atoms in total. The van der Waals surface area contributed by atoms with Gasteiger partial charge in [0.05, 0.1) is 37.7 Å². The van der Waals surface area contributed by atoms with Crippen molar-refractivity contribution in [3.63, 3.8) is 0 Å². The van der Waals surface area contributed by atoms with E-state index in [0.29, 0.717) is 36.7 Å². The van der Waals surface area contributed by atoms with Crippen molar-refractivity contribution in [1.82, 2.24) is 4.90 Å². The van der Waals surface area contributed by atoms with E-state index in [9.17, 15) is 4.79 Å². The first kappa shape index (κ1) is 13.6. The number of ether oxygens (including phenoxy) is 2. The van der Waals surface area contributed by atoms with Gasteiger partial charge in [-0.3, -0.25) is 4.79 Å². The van der Waals surface area contributed by atoms with E-state index in [4.69, 9.17) is 20.3 Å². The molecule has 1 amide bonds. The van der Waals surface area contributed by atoms with Crippen LogP contribution in [-0.4, -0.2) is 55.4 Å². The molecule has 1 atom stereocenters. The molecule has 1 saturated heterocycles. The predicted molar refractivity (Wildman–Crippen MR) is 70.1 cm³/mol. The van der Waals surface area contributed by atoms with Crippen LogP contribution in [0.2, 0.25) is 0 Å². The molecule has 1 unspecified atom stereocenters. The lowest BCUT2D eigenvalue weighted by atomic mass is 10.1. The van der Waals surface area contributed by atoms with Crippen LogP contribution in [0, 0.1) is 0 Å². The fraction of sp³-hybridized carbons (Fsp3) is 0.462. The van der Waals surface area contributed by atoms with E-state index in [0.717, 1.165) is 0 Å². The van der Waals surface area contributed by atoms with Crippen LogP contribution >= 0.6 is 0 Å². The van der Waals surface area contributed by atoms with Crippen molar-refractivity contribution < 1.29 is 19.4 Å². The number of methoxy groups -OCH3 is 1. The Bertz CT molecular complexity index is 464. The third-order valence-electron chi connectivity index (χ3n) is 3.15. The van der Waals surface area contributed by atoms with Crippen molar-refractivity contribution in [2.24, 2.45) is 0 Å². The molecule has 1 aromatic rings. The monoisotopic (exact) mass is 266 g/mol. The number of aliphatic hydroxyl groups excluding tert-OH is 1. The van der Waals surface area contributed by atoms with E-state index in [1.807, 2.05) is 0 Å². The average molecular weight is 266 g/mol. The summed E-state index contributed by atoms with van der Waals surface area (Å²) in [7, 11) is 1.51. The van der Waals surface area contributed by atoms with Crippen LogP contribution in [0.4, 0.5) is 5.69 Å². The minimum absolute atomic E-state index is 0.0998. The van der Waals surface area contributed by atoms with Crippen LogP contribution in [0.5, 0.6) is 5.75 Å². The predicted octanol–water partition coefficient (Wildman–Crippen LogP) is 0.111. The molecular weight excluding hydrogens is 248 g/mol. The molecule has 1 heterocycles. The number of carbonyl (C=O) groups excluding carboxylic acids is 1. The van der Waals surface area contributed by atoms with Crippen molar-refractivity contribution in [1.29, 1.82) is 0 Å². The number of hydrogen-bond acceptors (Lipinski definition) is 5. The van der Waals surface area contributed by atoms with Gasteiger partial charge in [0.1, 0.15) is 5.75 Å². The molecule has 0 spiro atoms. The lowest BCUT2D eigenvalue weighted by Gasteiger charge is -2.32. The topological polar surface area (TPSA) is 85.0 Å². The van der Waals surface area contributed by atoms with Crippen LogP contribution in [0.3, 0.4) is 0 Å². The summed E-state index contributed by atoms with van der Waals surface area (Å²) in [6.07, 6.45) is -0.329. The number of para-hydroxylation sites is 1. The second-order valence-electron chi connectivity index (χ2n) is 4.35. The number of morpholine rings is 1. The molecular formula is C13H18N2O4. The summed E-state index contributed by atoms with van der Waals surface area (Å²) in [6.45, 7) is 1.18. The highest BCUT2D eigenvalue weighted by Crippen LogP contribution is 2.26. The Kier molecular flexibility index (Phi) is 4.24. The lowest BCUT2D eigenvalue weighted by molar-refractivity contribution is -0.0447. The minimum atomic E-state index is -0.329. The Morgan fingerprint density at radius 2 is 2.42 bits per heavy atom. The summed E-state index contributed by atoms with van der Waals surface area (Å²) >= 11 is 0. The van der Waals surface area contributed by atoms with Crippen LogP contribution in [0.25, 0.3) is 0 Å². The number of carbonyl (C=O) groups is 1. The third kappa shape index (κ3) is 2.80. The third-order valence-corrected chi connectivity index (χ3v) is 3.15. The fourth-order valence-corrected chi connectivity index (χ4v) is 2.09. The molecule has 19 heavy (non-hydrogen) atoms. The molecule has 3 N–H and O–H groups in total. The Morgan fingerprint density at radius 1 is 1.63 bits per heavy atom. The van der Waals surface area contributed by atoms with Crippen molar-refractivity contribution in [2.45, 2.75) is 6.10 Å². The maximum atomic E-state index is 12.4. The fourth-order valence-electron chi connectivity index (χ4n) is 2.09. The first-order chi connectivity index (χ1) is 9.17. The normalized spacial score (nSPS) is 19.3. The molecule has 0 aromatic heterocycles. The first-order valence-corrected chi connectivity index (χ1v) is 6.11. The van der Waals surface area contributed by atoms with Gasteiger partial charge in [-0.15, -0.1) is 0 Å². The highest BCUT2D eigenvalue weighted by Gasteiger charge is 2.26. The first-order valence-electron chi connectivity index (χ1n) is 6.11. The van der Waals surface area contributed by atoms with Gasteiger partial charge in [0.15, 0.2) is 0 Å². The standard InChI is InChI=1S/C13H18N2O4/c1-18-11-4-2-3-10(12(11)14)13(17)15-5-6-19-9(7-15)8-16/h2-4,9,16H,5-8,14H2,1H3. The molecule has 2 rings (SSSR count). The number of aliphatic hydroxyl groups is 1. The van der Waals surface area contributed by atoms with Crippen molar-refractivity contribution in [3.05, 3.63) is 23.8 Å². The highest BCUT2D eigenvalue weighted by atomic mass is 16.5. The molecule has 0 saturated carbocycles. The zero-order chi connectivity index (χ0) is 13.8. The number of benzene rings is 1. The van der Waals surface area contributed by atoms with Crippen molar-refractivity contribution >= 4 is 11.6 Å². The Labute approximate surface area is 111 Å². The van der Waals surface area contributed by atoms with E-state index in [1.165, 1.54) is 7.11 Å². The summed E-state index contributed by atoms with van der Waals surface area (Å²) < 4.78 is 10.4. The summed E-state index contributed by atoms with van der Waals surface area (Å²) in [6, 6.07) is 5.11. The van der Waals surface area contributed by atoms with E-state index in [-0.39, 0.29) is 18.6 Å². The number of nitrogen functional groups attached to an aromatic ring is 1. The van der Waals surface area contributed by atoms with E-state index < -0.39 is 0 Å². The van der Waals surface area contributed by atoms with Crippen LogP contribution in [-0.2, 0) is 4.74 Å².